The molecule has 1 fully saturated rings. The van der Waals surface area contributed by atoms with Gasteiger partial charge in [0.05, 0.1) is 6.17 Å². The Morgan fingerprint density at radius 3 is 2.30 bits per heavy atom. The maximum absolute atomic E-state index is 3.53. The molecule has 1 unspecified atom stereocenters. The Morgan fingerprint density at radius 1 is 1.50 bits per heavy atom. The van der Waals surface area contributed by atoms with E-state index in [1.807, 2.05) is 0 Å². The molecule has 60 valence electrons. The molecule has 1 aliphatic heterocycles. The quantitative estimate of drug-likeness (QED) is 0.585. The van der Waals surface area contributed by atoms with Crippen LogP contribution in [0.1, 0.15) is 20.8 Å². The van der Waals surface area contributed by atoms with Crippen LogP contribution in [0.4, 0.5) is 0 Å². The third-order valence-electron chi connectivity index (χ3n) is 2.12. The number of likely N-dealkylation sites (N-methyl/N-ethyl adjacent to an activating group) is 1. The average molecular weight is 142 g/mol. The number of rotatable bonds is 1. The van der Waals surface area contributed by atoms with Crippen molar-refractivity contribution in [1.82, 2.24) is 10.2 Å². The normalized spacial score (nSPS) is 35.7. The van der Waals surface area contributed by atoms with E-state index in [4.69, 9.17) is 0 Å². The van der Waals surface area contributed by atoms with Gasteiger partial charge in [0, 0.05) is 12.6 Å². The van der Waals surface area contributed by atoms with Gasteiger partial charge in [0.2, 0.25) is 0 Å². The highest BCUT2D eigenvalue weighted by Crippen LogP contribution is 2.12. The Balaban J connectivity index is 2.46. The lowest BCUT2D eigenvalue weighted by Gasteiger charge is -2.22. The molecule has 2 atom stereocenters. The van der Waals surface area contributed by atoms with E-state index in [-0.39, 0.29) is 0 Å². The summed E-state index contributed by atoms with van der Waals surface area (Å²) in [6, 6.07) is 0.664. The van der Waals surface area contributed by atoms with Crippen molar-refractivity contribution in [2.45, 2.75) is 33.0 Å². The summed E-state index contributed by atoms with van der Waals surface area (Å²) < 4.78 is 0. The van der Waals surface area contributed by atoms with E-state index in [1.165, 1.54) is 6.54 Å². The van der Waals surface area contributed by atoms with Gasteiger partial charge in [-0.15, -0.1) is 0 Å². The molecule has 0 spiro atoms. The van der Waals surface area contributed by atoms with Crippen molar-refractivity contribution in [3.8, 4) is 0 Å². The lowest BCUT2D eigenvalue weighted by atomic mass is 10.1. The molecule has 0 aliphatic carbocycles. The lowest BCUT2D eigenvalue weighted by Crippen LogP contribution is -2.38. The van der Waals surface area contributed by atoms with Gasteiger partial charge in [-0.25, -0.2) is 0 Å². The molecule has 2 heteroatoms. The van der Waals surface area contributed by atoms with Gasteiger partial charge in [-0.05, 0) is 19.9 Å². The van der Waals surface area contributed by atoms with Crippen LogP contribution in [0.3, 0.4) is 0 Å². The summed E-state index contributed by atoms with van der Waals surface area (Å²) in [4.78, 5) is 2.38. The predicted molar refractivity (Wildman–Crippen MR) is 43.9 cm³/mol. The van der Waals surface area contributed by atoms with Crippen molar-refractivity contribution in [1.29, 1.82) is 0 Å². The van der Waals surface area contributed by atoms with Gasteiger partial charge in [-0.2, -0.15) is 0 Å². The Morgan fingerprint density at radius 2 is 2.10 bits per heavy atom. The van der Waals surface area contributed by atoms with Gasteiger partial charge in [-0.3, -0.25) is 10.2 Å². The van der Waals surface area contributed by atoms with Crippen molar-refractivity contribution in [2.24, 2.45) is 5.92 Å². The topological polar surface area (TPSA) is 15.3 Å². The number of nitrogens with one attached hydrogen (secondary N) is 1. The molecule has 1 saturated heterocycles. The molecular weight excluding hydrogens is 124 g/mol. The summed E-state index contributed by atoms with van der Waals surface area (Å²) in [7, 11) is 2.18. The predicted octanol–water partition coefficient (Wildman–Crippen LogP) is 0.892. The minimum atomic E-state index is 0.593. The zero-order chi connectivity index (χ0) is 7.72. The fourth-order valence-corrected chi connectivity index (χ4v) is 1.72. The highest BCUT2D eigenvalue weighted by Gasteiger charge is 2.27. The summed E-state index contributed by atoms with van der Waals surface area (Å²) in [6.45, 7) is 7.93. The number of nitrogens with zero attached hydrogens (tertiary/aromatic N) is 1. The molecule has 0 bridgehead atoms. The summed E-state index contributed by atoms with van der Waals surface area (Å²) >= 11 is 0. The van der Waals surface area contributed by atoms with E-state index in [1.54, 1.807) is 0 Å². The number of hydrogen-bond donors (Lipinski definition) is 1. The summed E-state index contributed by atoms with van der Waals surface area (Å²) in [5.41, 5.74) is 0. The van der Waals surface area contributed by atoms with Crippen LogP contribution in [-0.4, -0.2) is 30.7 Å². The van der Waals surface area contributed by atoms with Gasteiger partial charge in [0.15, 0.2) is 0 Å². The van der Waals surface area contributed by atoms with Crippen LogP contribution in [0.25, 0.3) is 0 Å². The molecule has 0 amide bonds. The summed E-state index contributed by atoms with van der Waals surface area (Å²) in [5.74, 6) is 0.718. The lowest BCUT2D eigenvalue weighted by molar-refractivity contribution is 0.232. The third-order valence-corrected chi connectivity index (χ3v) is 2.12. The maximum Gasteiger partial charge on any atom is 0.0621 e. The highest BCUT2D eigenvalue weighted by atomic mass is 15.3. The largest absolute Gasteiger partial charge is 0.298 e. The van der Waals surface area contributed by atoms with Gasteiger partial charge < -0.3 is 0 Å². The first-order valence-electron chi connectivity index (χ1n) is 4.07. The summed E-state index contributed by atoms with van der Waals surface area (Å²) in [6.07, 6.45) is 0.593. The second-order valence-corrected chi connectivity index (χ2v) is 3.70. The Labute approximate surface area is 63.6 Å². The summed E-state index contributed by atoms with van der Waals surface area (Å²) in [5, 5.41) is 3.53. The van der Waals surface area contributed by atoms with Crippen LogP contribution in [0.15, 0.2) is 0 Å². The van der Waals surface area contributed by atoms with Crippen molar-refractivity contribution in [3.63, 3.8) is 0 Å². The van der Waals surface area contributed by atoms with Gasteiger partial charge in [-0.1, -0.05) is 13.8 Å². The maximum atomic E-state index is 3.53. The van der Waals surface area contributed by atoms with Crippen LogP contribution in [0.5, 0.6) is 0 Å². The van der Waals surface area contributed by atoms with Crippen molar-refractivity contribution >= 4 is 0 Å². The molecule has 0 aromatic carbocycles. The van der Waals surface area contributed by atoms with E-state index in [2.05, 4.69) is 38.0 Å². The molecule has 1 rings (SSSR count). The van der Waals surface area contributed by atoms with Crippen molar-refractivity contribution in [2.75, 3.05) is 13.6 Å². The van der Waals surface area contributed by atoms with E-state index in [9.17, 15) is 0 Å². The molecule has 0 radical (unpaired) electrons. The fourth-order valence-electron chi connectivity index (χ4n) is 1.72. The first-order chi connectivity index (χ1) is 4.61. The molecule has 1 heterocycles. The molecule has 0 saturated carbocycles. The number of hydrogen-bond acceptors (Lipinski definition) is 2. The van der Waals surface area contributed by atoms with Gasteiger partial charge in [0.1, 0.15) is 0 Å². The Hall–Kier alpha value is -0.0800. The minimum absolute atomic E-state index is 0.593. The standard InChI is InChI=1S/C8H18N2/c1-6(2)8-9-7(3)5-10(8)4/h6-9H,5H2,1-4H3/t7-,8?/m0/s1. The van der Waals surface area contributed by atoms with Gasteiger partial charge in [0.25, 0.3) is 0 Å². The zero-order valence-electron chi connectivity index (χ0n) is 7.39. The van der Waals surface area contributed by atoms with E-state index >= 15 is 0 Å². The molecule has 0 aromatic rings. The second-order valence-electron chi connectivity index (χ2n) is 3.70. The molecule has 1 aliphatic rings. The molecule has 0 aromatic heterocycles. The van der Waals surface area contributed by atoms with Crippen LogP contribution in [-0.2, 0) is 0 Å². The second kappa shape index (κ2) is 2.89. The Bertz CT molecular complexity index is 112. The Kier molecular flexibility index (Phi) is 2.32. The third kappa shape index (κ3) is 1.50. The fraction of sp³-hybridized carbons (Fsp3) is 1.00. The van der Waals surface area contributed by atoms with E-state index in [0.717, 1.165) is 5.92 Å². The van der Waals surface area contributed by atoms with E-state index in [0.29, 0.717) is 12.2 Å². The minimum Gasteiger partial charge on any atom is -0.298 e. The van der Waals surface area contributed by atoms with Gasteiger partial charge >= 0.3 is 0 Å². The smallest absolute Gasteiger partial charge is 0.0621 e. The monoisotopic (exact) mass is 142 g/mol. The zero-order valence-corrected chi connectivity index (χ0v) is 7.39. The molecule has 10 heavy (non-hydrogen) atoms. The first kappa shape index (κ1) is 8.02. The van der Waals surface area contributed by atoms with Crippen molar-refractivity contribution < 1.29 is 0 Å². The molecule has 1 N–H and O–H groups in total. The van der Waals surface area contributed by atoms with Crippen molar-refractivity contribution in [3.05, 3.63) is 0 Å². The van der Waals surface area contributed by atoms with Crippen LogP contribution < -0.4 is 5.32 Å². The van der Waals surface area contributed by atoms with Crippen LogP contribution in [0.2, 0.25) is 0 Å². The first-order valence-corrected chi connectivity index (χ1v) is 4.07. The van der Waals surface area contributed by atoms with Crippen LogP contribution in [0, 0.1) is 5.92 Å². The SMILES string of the molecule is CC(C)C1N[C@@H](C)CN1C. The molecular formula is C8H18N2. The average Bonchev–Trinajstić information content (AvgIpc) is 2.10. The molecule has 2 nitrogen and oxygen atoms in total. The van der Waals surface area contributed by atoms with E-state index < -0.39 is 0 Å². The highest BCUT2D eigenvalue weighted by molar-refractivity contribution is 4.83. The van der Waals surface area contributed by atoms with Crippen LogP contribution >= 0.6 is 0 Å².